The van der Waals surface area contributed by atoms with Crippen LogP contribution in [-0.2, 0) is 28.6 Å². The van der Waals surface area contributed by atoms with Crippen molar-refractivity contribution in [1.82, 2.24) is 0 Å². The molecular weight excluding hydrogens is 687 g/mol. The Morgan fingerprint density at radius 1 is 0.956 bits per heavy atom. The molecule has 3 aromatic carbocycles. The minimum Gasteiger partial charge on any atom is -0.326 e. The molecule has 0 bridgehead atoms. The Balaban J connectivity index is 1.31. The number of halogens is 9. The zero-order valence-electron chi connectivity index (χ0n) is 22.9. The summed E-state index contributed by atoms with van der Waals surface area (Å²) < 4.78 is 81.4. The maximum absolute atomic E-state index is 15.3. The first-order valence-electron chi connectivity index (χ1n) is 13.6. The number of benzene rings is 3. The average molecular weight is 709 g/mol. The van der Waals surface area contributed by atoms with Crippen molar-refractivity contribution in [3.05, 3.63) is 98.8 Å². The minimum atomic E-state index is -4.98. The van der Waals surface area contributed by atoms with Crippen molar-refractivity contribution in [2.24, 2.45) is 5.92 Å². The number of thioether (sulfide) groups is 1. The first kappa shape index (κ1) is 33.6. The van der Waals surface area contributed by atoms with Gasteiger partial charge in [0.15, 0.2) is 5.78 Å². The summed E-state index contributed by atoms with van der Waals surface area (Å²) in [5.74, 6) is -6.66. The smallest absolute Gasteiger partial charge is 0.326 e. The molecule has 3 atom stereocenters. The van der Waals surface area contributed by atoms with Crippen molar-refractivity contribution in [1.29, 1.82) is 0 Å². The summed E-state index contributed by atoms with van der Waals surface area (Å²) in [6.45, 7) is 0. The molecule has 1 N–H and O–H groups in total. The Labute approximate surface area is 272 Å². The molecule has 1 saturated carbocycles. The van der Waals surface area contributed by atoms with Crippen molar-refractivity contribution < 1.29 is 40.7 Å². The Kier molecular flexibility index (Phi) is 9.58. The molecule has 1 unspecified atom stereocenters. The normalized spacial score (nSPS) is 20.6. The quantitative estimate of drug-likeness (QED) is 0.137. The van der Waals surface area contributed by atoms with Crippen LogP contribution in [0, 0.1) is 23.4 Å². The average Bonchev–Trinajstić information content (AvgIpc) is 3.27. The number of carbonyl (C=O) groups is 3. The zero-order valence-corrected chi connectivity index (χ0v) is 26.0. The van der Waals surface area contributed by atoms with Gasteiger partial charge in [-0.2, -0.15) is 24.9 Å². The summed E-state index contributed by atoms with van der Waals surface area (Å²) in [4.78, 5) is 38.8. The molecule has 1 heterocycles. The highest BCUT2D eigenvalue weighted by atomic mass is 35.5. The summed E-state index contributed by atoms with van der Waals surface area (Å²) in [6, 6.07) is 8.18. The summed E-state index contributed by atoms with van der Waals surface area (Å²) in [7, 11) is 0. The van der Waals surface area contributed by atoms with Crippen molar-refractivity contribution in [2.45, 2.75) is 47.4 Å². The molecule has 4 nitrogen and oxygen atoms in total. The maximum Gasteiger partial charge on any atom is 0.419 e. The first-order valence-corrected chi connectivity index (χ1v) is 15.8. The highest BCUT2D eigenvalue weighted by molar-refractivity contribution is 8.00. The van der Waals surface area contributed by atoms with Gasteiger partial charge in [-0.3, -0.25) is 14.4 Å². The van der Waals surface area contributed by atoms with E-state index in [0.717, 1.165) is 30.4 Å². The number of amides is 1. The molecule has 1 aliphatic carbocycles. The predicted molar refractivity (Wildman–Crippen MR) is 161 cm³/mol. The van der Waals surface area contributed by atoms with Gasteiger partial charge in [-0.25, -0.2) is 13.2 Å². The molecule has 0 radical (unpaired) electrons. The number of alkyl halides is 5. The molecule has 14 heteroatoms. The lowest BCUT2D eigenvalue weighted by molar-refractivity contribution is -0.140. The second-order valence-corrected chi connectivity index (χ2v) is 14.0. The monoisotopic (exact) mass is 707 g/mol. The van der Waals surface area contributed by atoms with E-state index >= 15 is 4.39 Å². The third kappa shape index (κ3) is 7.01. The van der Waals surface area contributed by atoms with Gasteiger partial charge in [-0.15, -0.1) is 23.2 Å². The summed E-state index contributed by atoms with van der Waals surface area (Å²) in [5, 5.41) is 2.14. The molecule has 5 rings (SSSR count). The van der Waals surface area contributed by atoms with Crippen molar-refractivity contribution in [3.63, 3.8) is 0 Å². The molecule has 45 heavy (non-hydrogen) atoms. The lowest BCUT2D eigenvalue weighted by atomic mass is 9.97. The summed E-state index contributed by atoms with van der Waals surface area (Å²) in [6.07, 6.45) is -4.48. The Hall–Kier alpha value is -2.73. The van der Waals surface area contributed by atoms with Gasteiger partial charge in [0.1, 0.15) is 27.6 Å². The minimum absolute atomic E-state index is 0.0338. The molecule has 1 amide bonds. The Morgan fingerprint density at radius 2 is 1.67 bits per heavy atom. The van der Waals surface area contributed by atoms with E-state index < -0.39 is 75.5 Å². The fraction of sp³-hybridized carbons (Fsp3) is 0.323. The third-order valence-electron chi connectivity index (χ3n) is 7.78. The second kappa shape index (κ2) is 12.8. The van der Waals surface area contributed by atoms with Crippen LogP contribution < -0.4 is 5.32 Å². The number of rotatable bonds is 9. The second-order valence-electron chi connectivity index (χ2n) is 10.8. The van der Waals surface area contributed by atoms with Crippen LogP contribution in [0.5, 0.6) is 0 Å². The van der Waals surface area contributed by atoms with Gasteiger partial charge in [-0.1, -0.05) is 23.7 Å². The predicted octanol–water partition coefficient (Wildman–Crippen LogP) is 8.73. The fourth-order valence-electron chi connectivity index (χ4n) is 5.39. The van der Waals surface area contributed by atoms with Crippen LogP contribution in [0.4, 0.5) is 32.0 Å². The zero-order chi connectivity index (χ0) is 32.8. The molecule has 0 spiro atoms. The number of hydrogen-bond donors (Lipinski definition) is 1. The number of carbonyl (C=O) groups excluding carboxylic acids is 3. The molecule has 2 fully saturated rings. The highest BCUT2D eigenvalue weighted by Crippen LogP contribution is 2.65. The van der Waals surface area contributed by atoms with Crippen LogP contribution in [0.3, 0.4) is 0 Å². The van der Waals surface area contributed by atoms with Crippen molar-refractivity contribution >= 4 is 69.7 Å². The summed E-state index contributed by atoms with van der Waals surface area (Å²) >= 11 is 20.2. The first-order chi connectivity index (χ1) is 21.1. The Morgan fingerprint density at radius 3 is 2.33 bits per heavy atom. The largest absolute Gasteiger partial charge is 0.419 e. The van der Waals surface area contributed by atoms with Crippen LogP contribution >= 0.6 is 46.6 Å². The van der Waals surface area contributed by atoms with Gasteiger partial charge < -0.3 is 5.32 Å². The molecule has 2 aliphatic rings. The molecule has 0 aromatic heterocycles. The van der Waals surface area contributed by atoms with E-state index in [-0.39, 0.29) is 38.4 Å². The van der Waals surface area contributed by atoms with Crippen LogP contribution in [0.1, 0.15) is 51.4 Å². The van der Waals surface area contributed by atoms with Gasteiger partial charge >= 0.3 is 6.18 Å². The molecule has 1 saturated heterocycles. The van der Waals surface area contributed by atoms with Crippen LogP contribution in [0.15, 0.2) is 48.5 Å². The van der Waals surface area contributed by atoms with E-state index in [4.69, 9.17) is 34.8 Å². The van der Waals surface area contributed by atoms with Crippen molar-refractivity contribution in [2.75, 3.05) is 11.1 Å². The maximum atomic E-state index is 15.3. The van der Waals surface area contributed by atoms with Crippen LogP contribution in [0.25, 0.3) is 0 Å². The lowest BCUT2D eigenvalue weighted by Crippen LogP contribution is -2.19. The van der Waals surface area contributed by atoms with Crippen LogP contribution in [-0.4, -0.2) is 32.8 Å². The standard InChI is InChI=1S/C31H22Cl3F6NO3S/c32-20-6-5-16(41-29(44)27-26(30(27,33)34)14-3-8-22(36)19(10-14)31(38,39)40)12-17(20)23(42)11-15-4-7-21(35)18(28(15)37)13-24(43)25-2-1-9-45-25/h3-8,10,12,25-27H,1-2,9,11,13H2,(H,41,44)/t25?,26-,27+/m0/s1. The Bertz CT molecular complexity index is 1690. The van der Waals surface area contributed by atoms with E-state index in [9.17, 15) is 36.3 Å². The number of anilines is 1. The molecule has 238 valence electrons. The number of hydrogen-bond acceptors (Lipinski definition) is 4. The lowest BCUT2D eigenvalue weighted by Gasteiger charge is -2.13. The number of ketones is 2. The van der Waals surface area contributed by atoms with Gasteiger partial charge in [-0.05, 0) is 66.1 Å². The van der Waals surface area contributed by atoms with Crippen molar-refractivity contribution in [3.8, 4) is 0 Å². The van der Waals surface area contributed by atoms with Gasteiger partial charge in [0.25, 0.3) is 0 Å². The molecular formula is C31H22Cl3F6NO3S. The SMILES string of the molecule is O=C(Cc1ccc(F)c(CC(=O)C2CCCS2)c1F)c1cc(NC(=O)[C@H]2[C@H](c3ccc(F)c(C(F)(F)F)c3)C2(Cl)Cl)ccc1Cl. The van der Waals surface area contributed by atoms with E-state index in [2.05, 4.69) is 5.32 Å². The van der Waals surface area contributed by atoms with Gasteiger partial charge in [0.2, 0.25) is 5.91 Å². The van der Waals surface area contributed by atoms with Gasteiger partial charge in [0.05, 0.1) is 21.8 Å². The third-order valence-corrected chi connectivity index (χ3v) is 10.5. The van der Waals surface area contributed by atoms with E-state index in [1.54, 1.807) is 0 Å². The van der Waals surface area contributed by atoms with E-state index in [1.807, 2.05) is 0 Å². The number of nitrogens with one attached hydrogen (secondary N) is 1. The fourth-order valence-corrected chi connectivity index (χ4v) is 7.66. The highest BCUT2D eigenvalue weighted by Gasteiger charge is 2.67. The van der Waals surface area contributed by atoms with E-state index in [1.165, 1.54) is 30.0 Å². The summed E-state index contributed by atoms with van der Waals surface area (Å²) in [5.41, 5.74) is -2.25. The van der Waals surface area contributed by atoms with E-state index in [0.29, 0.717) is 18.6 Å². The molecule has 3 aromatic rings. The van der Waals surface area contributed by atoms with Gasteiger partial charge in [0, 0.05) is 35.6 Å². The number of Topliss-reactive ketones (excluding diaryl/α,β-unsaturated/α-hetero) is 2. The molecule has 1 aliphatic heterocycles. The topological polar surface area (TPSA) is 63.2 Å². The van der Waals surface area contributed by atoms with Crippen LogP contribution in [0.2, 0.25) is 5.02 Å².